The molecule has 0 radical (unpaired) electrons. The van der Waals surface area contributed by atoms with Crippen molar-refractivity contribution in [3.05, 3.63) is 46.3 Å². The third-order valence-electron chi connectivity index (χ3n) is 2.56. The molecule has 18 heavy (non-hydrogen) atoms. The summed E-state index contributed by atoms with van der Waals surface area (Å²) in [6, 6.07) is 7.38. The number of halogens is 1. The first kappa shape index (κ1) is 13.0. The molecule has 0 saturated carbocycles. The Bertz CT molecular complexity index is 525. The molecule has 0 atom stereocenters. The molecule has 0 aliphatic carbocycles. The zero-order chi connectivity index (χ0) is 13.0. The van der Waals surface area contributed by atoms with Gasteiger partial charge in [0.25, 0.3) is 0 Å². The van der Waals surface area contributed by atoms with Crippen LogP contribution < -0.4 is 15.2 Å². The van der Waals surface area contributed by atoms with Gasteiger partial charge >= 0.3 is 0 Å². The summed E-state index contributed by atoms with van der Waals surface area (Å²) < 4.78 is 16.9. The second-order valence-corrected chi connectivity index (χ2v) is 4.51. The van der Waals surface area contributed by atoms with E-state index in [1.165, 1.54) is 0 Å². The maximum atomic E-state index is 5.67. The highest BCUT2D eigenvalue weighted by Crippen LogP contribution is 2.29. The van der Waals surface area contributed by atoms with Gasteiger partial charge in [0.15, 0.2) is 0 Å². The highest BCUT2D eigenvalue weighted by atomic mass is 79.9. The first-order valence-electron chi connectivity index (χ1n) is 5.46. The molecule has 1 aromatic carbocycles. The topological polar surface area (TPSA) is 57.6 Å². The molecule has 2 N–H and O–H groups in total. The van der Waals surface area contributed by atoms with Crippen molar-refractivity contribution in [1.82, 2.24) is 0 Å². The van der Waals surface area contributed by atoms with Gasteiger partial charge in [-0.2, -0.15) is 0 Å². The van der Waals surface area contributed by atoms with Crippen molar-refractivity contribution in [3.8, 4) is 11.5 Å². The molecule has 1 heterocycles. The van der Waals surface area contributed by atoms with E-state index in [1.54, 1.807) is 13.4 Å². The average molecular weight is 312 g/mol. The van der Waals surface area contributed by atoms with Crippen molar-refractivity contribution in [3.63, 3.8) is 0 Å². The molecule has 4 nitrogen and oxygen atoms in total. The predicted octanol–water partition coefficient (Wildman–Crippen LogP) is 3.09. The predicted molar refractivity (Wildman–Crippen MR) is 71.6 cm³/mol. The quantitative estimate of drug-likeness (QED) is 0.922. The monoisotopic (exact) mass is 311 g/mol. The fourth-order valence-electron chi connectivity index (χ4n) is 1.54. The molecule has 96 valence electrons. The van der Waals surface area contributed by atoms with Crippen molar-refractivity contribution in [2.24, 2.45) is 5.73 Å². The van der Waals surface area contributed by atoms with E-state index in [0.717, 1.165) is 27.3 Å². The van der Waals surface area contributed by atoms with Crippen LogP contribution in [0, 0.1) is 0 Å². The SMILES string of the molecule is COc1ccc(OCc2occc2CN)c(Br)c1. The first-order chi connectivity index (χ1) is 8.74. The molecule has 0 bridgehead atoms. The van der Waals surface area contributed by atoms with E-state index < -0.39 is 0 Å². The van der Waals surface area contributed by atoms with Gasteiger partial charge < -0.3 is 19.6 Å². The first-order valence-corrected chi connectivity index (χ1v) is 6.25. The van der Waals surface area contributed by atoms with Gasteiger partial charge in [0.05, 0.1) is 17.8 Å². The van der Waals surface area contributed by atoms with Crippen LogP contribution in [-0.4, -0.2) is 7.11 Å². The number of benzene rings is 1. The molecule has 2 aromatic rings. The van der Waals surface area contributed by atoms with Crippen LogP contribution in [0.1, 0.15) is 11.3 Å². The van der Waals surface area contributed by atoms with E-state index in [4.69, 9.17) is 19.6 Å². The van der Waals surface area contributed by atoms with Crippen LogP contribution in [0.25, 0.3) is 0 Å². The largest absolute Gasteiger partial charge is 0.497 e. The number of hydrogen-bond donors (Lipinski definition) is 1. The van der Waals surface area contributed by atoms with E-state index >= 15 is 0 Å². The van der Waals surface area contributed by atoms with Crippen molar-refractivity contribution in [2.45, 2.75) is 13.2 Å². The zero-order valence-corrected chi connectivity index (χ0v) is 11.6. The maximum Gasteiger partial charge on any atom is 0.146 e. The van der Waals surface area contributed by atoms with E-state index in [9.17, 15) is 0 Å². The summed E-state index contributed by atoms with van der Waals surface area (Å²) >= 11 is 3.43. The fourth-order valence-corrected chi connectivity index (χ4v) is 2.02. The third kappa shape index (κ3) is 2.86. The Morgan fingerprint density at radius 2 is 2.17 bits per heavy atom. The number of rotatable bonds is 5. The van der Waals surface area contributed by atoms with Gasteiger partial charge in [-0.25, -0.2) is 0 Å². The highest BCUT2D eigenvalue weighted by molar-refractivity contribution is 9.10. The standard InChI is InChI=1S/C13H14BrNO3/c1-16-10-2-3-12(11(14)6-10)18-8-13-9(7-15)4-5-17-13/h2-6H,7-8,15H2,1H3. The lowest BCUT2D eigenvalue weighted by Crippen LogP contribution is -2.02. The smallest absolute Gasteiger partial charge is 0.146 e. The van der Waals surface area contributed by atoms with Crippen LogP contribution in [0.3, 0.4) is 0 Å². The van der Waals surface area contributed by atoms with Crippen LogP contribution >= 0.6 is 15.9 Å². The van der Waals surface area contributed by atoms with Gasteiger partial charge in [-0.05, 0) is 40.2 Å². The molecule has 1 aromatic heterocycles. The third-order valence-corrected chi connectivity index (χ3v) is 3.18. The van der Waals surface area contributed by atoms with Gasteiger partial charge in [0.2, 0.25) is 0 Å². The average Bonchev–Trinajstić information content (AvgIpc) is 2.84. The van der Waals surface area contributed by atoms with Gasteiger partial charge in [-0.1, -0.05) is 0 Å². The summed E-state index contributed by atoms with van der Waals surface area (Å²) in [5, 5.41) is 0. The summed E-state index contributed by atoms with van der Waals surface area (Å²) in [4.78, 5) is 0. The molecule has 0 aliphatic heterocycles. The second kappa shape index (κ2) is 5.93. The van der Waals surface area contributed by atoms with Crippen molar-refractivity contribution >= 4 is 15.9 Å². The zero-order valence-electron chi connectivity index (χ0n) is 9.98. The van der Waals surface area contributed by atoms with E-state index in [2.05, 4.69) is 15.9 Å². The van der Waals surface area contributed by atoms with Crippen LogP contribution in [0.15, 0.2) is 39.4 Å². The summed E-state index contributed by atoms with van der Waals surface area (Å²) in [5.41, 5.74) is 6.55. The van der Waals surface area contributed by atoms with Gasteiger partial charge in [0.1, 0.15) is 23.9 Å². The van der Waals surface area contributed by atoms with Crippen molar-refractivity contribution in [2.75, 3.05) is 7.11 Å². The molecule has 5 heteroatoms. The molecule has 0 unspecified atom stereocenters. The van der Waals surface area contributed by atoms with Gasteiger partial charge in [0, 0.05) is 12.1 Å². The Hall–Kier alpha value is -1.46. The van der Waals surface area contributed by atoms with Crippen molar-refractivity contribution < 1.29 is 13.9 Å². The normalized spacial score (nSPS) is 10.4. The van der Waals surface area contributed by atoms with E-state index in [-0.39, 0.29) is 0 Å². The minimum atomic E-state index is 0.352. The fraction of sp³-hybridized carbons (Fsp3) is 0.231. The second-order valence-electron chi connectivity index (χ2n) is 3.66. The minimum absolute atomic E-state index is 0.352. The lowest BCUT2D eigenvalue weighted by Gasteiger charge is -2.09. The Kier molecular flexibility index (Phi) is 4.28. The number of furan rings is 1. The molecule has 0 spiro atoms. The maximum absolute atomic E-state index is 5.67. The van der Waals surface area contributed by atoms with E-state index in [1.807, 2.05) is 24.3 Å². The Balaban J connectivity index is 2.06. The number of nitrogens with two attached hydrogens (primary N) is 1. The molecule has 2 rings (SSSR count). The Morgan fingerprint density at radius 3 is 2.83 bits per heavy atom. The summed E-state index contributed by atoms with van der Waals surface area (Å²) in [6.07, 6.45) is 1.62. The molecule has 0 amide bonds. The minimum Gasteiger partial charge on any atom is -0.497 e. The summed E-state index contributed by atoms with van der Waals surface area (Å²) in [6.45, 7) is 0.795. The van der Waals surface area contributed by atoms with Crippen LogP contribution in [0.2, 0.25) is 0 Å². The number of methoxy groups -OCH3 is 1. The molecular formula is C13H14BrNO3. The van der Waals surface area contributed by atoms with Crippen molar-refractivity contribution in [1.29, 1.82) is 0 Å². The molecule has 0 fully saturated rings. The van der Waals surface area contributed by atoms with Crippen LogP contribution in [0.4, 0.5) is 0 Å². The summed E-state index contributed by atoms with van der Waals surface area (Å²) in [5.74, 6) is 2.25. The van der Waals surface area contributed by atoms with Crippen LogP contribution in [-0.2, 0) is 13.2 Å². The lowest BCUT2D eigenvalue weighted by molar-refractivity contribution is 0.266. The highest BCUT2D eigenvalue weighted by Gasteiger charge is 2.08. The Labute approximate surface area is 114 Å². The number of hydrogen-bond acceptors (Lipinski definition) is 4. The van der Waals surface area contributed by atoms with Gasteiger partial charge in [-0.3, -0.25) is 0 Å². The Morgan fingerprint density at radius 1 is 1.33 bits per heavy atom. The lowest BCUT2D eigenvalue weighted by atomic mass is 10.2. The molecule has 0 aliphatic rings. The molecule has 0 saturated heterocycles. The van der Waals surface area contributed by atoms with Gasteiger partial charge in [-0.15, -0.1) is 0 Å². The number of ether oxygens (including phenoxy) is 2. The molecular weight excluding hydrogens is 298 g/mol. The van der Waals surface area contributed by atoms with E-state index in [0.29, 0.717) is 13.2 Å². The summed E-state index contributed by atoms with van der Waals surface area (Å²) in [7, 11) is 1.62. The van der Waals surface area contributed by atoms with Crippen LogP contribution in [0.5, 0.6) is 11.5 Å².